The van der Waals surface area contributed by atoms with Gasteiger partial charge in [0.25, 0.3) is 18.1 Å². The van der Waals surface area contributed by atoms with Crippen molar-refractivity contribution in [3.8, 4) is 24.7 Å². The van der Waals surface area contributed by atoms with E-state index in [9.17, 15) is 13.6 Å². The van der Waals surface area contributed by atoms with Gasteiger partial charge in [-0.05, 0) is 56.6 Å². The molecule has 2 aliphatic rings. The van der Waals surface area contributed by atoms with E-state index in [0.29, 0.717) is 0 Å². The number of aromatic nitrogens is 8. The number of benzene rings is 4. The maximum Gasteiger partial charge on any atom is 0.508 e. The number of ether oxygens (including phenoxy) is 4. The number of anilines is 2. The van der Waals surface area contributed by atoms with E-state index >= 15 is 0 Å². The zero-order valence-corrected chi connectivity index (χ0v) is 48.8. The lowest BCUT2D eigenvalue weighted by atomic mass is 9.84. The molecular weight excluding hydrogens is 1080 g/mol. The molecule has 2 radical (unpaired) electrons. The van der Waals surface area contributed by atoms with Gasteiger partial charge in [-0.15, -0.1) is 12.8 Å². The molecule has 6 heterocycles. The lowest BCUT2D eigenvalue weighted by Crippen LogP contribution is -2.52. The molecule has 10 rings (SSSR count). The number of carbonyl (C=O) groups excluding carboxylic acids is 1. The second-order valence-corrected chi connectivity index (χ2v) is 27.0. The Balaban J connectivity index is 0.950. The van der Waals surface area contributed by atoms with Gasteiger partial charge in [0.2, 0.25) is 0 Å². The smallest absolute Gasteiger partial charge is 0.431 e. The Morgan fingerprint density at radius 1 is 0.622 bits per heavy atom. The quantitative estimate of drug-likeness (QED) is 0.0428. The second-order valence-electron chi connectivity index (χ2n) is 22.8. The molecular formula is C61H64F2N10O7Si2. The molecule has 17 nitrogen and oxygen atoms in total. The highest BCUT2D eigenvalue weighted by Crippen LogP contribution is 2.47. The summed E-state index contributed by atoms with van der Waals surface area (Å²) < 4.78 is 73.0. The minimum atomic E-state index is -1.99. The third kappa shape index (κ3) is 11.5. The van der Waals surface area contributed by atoms with Crippen molar-refractivity contribution in [1.82, 2.24) is 39.0 Å². The predicted octanol–water partition coefficient (Wildman–Crippen LogP) is 7.09. The van der Waals surface area contributed by atoms with E-state index in [1.54, 1.807) is 13.8 Å². The molecule has 82 heavy (non-hydrogen) atoms. The van der Waals surface area contributed by atoms with E-state index < -0.39 is 84.1 Å². The lowest BCUT2D eigenvalue weighted by Gasteiger charge is -2.35. The highest BCUT2D eigenvalue weighted by molar-refractivity contribution is 6.80. The van der Waals surface area contributed by atoms with Gasteiger partial charge in [0.15, 0.2) is 45.2 Å². The van der Waals surface area contributed by atoms with Crippen LogP contribution in [0, 0.1) is 48.7 Å². The summed E-state index contributed by atoms with van der Waals surface area (Å²) in [5.74, 6) is 3.95. The molecule has 0 amide bonds. The number of fused-ring (bicyclic) bond motifs is 2. The molecule has 2 fully saturated rings. The number of nitrogens with zero attached hydrogens (tertiary/aromatic N) is 8. The summed E-state index contributed by atoms with van der Waals surface area (Å²) >= 11 is 0. The molecule has 4 aromatic heterocycles. The molecule has 0 aliphatic carbocycles. The molecule has 0 bridgehead atoms. The maximum atomic E-state index is 14.8. The van der Waals surface area contributed by atoms with Crippen molar-refractivity contribution in [2.75, 3.05) is 24.7 Å². The van der Waals surface area contributed by atoms with Crippen molar-refractivity contribution in [1.29, 1.82) is 0 Å². The minimum absolute atomic E-state index is 0.0792. The van der Waals surface area contributed by atoms with E-state index in [2.05, 4.69) is 132 Å². The van der Waals surface area contributed by atoms with Crippen molar-refractivity contribution in [3.05, 3.63) is 145 Å². The Morgan fingerprint density at radius 2 is 0.976 bits per heavy atom. The van der Waals surface area contributed by atoms with Crippen molar-refractivity contribution < 1.29 is 41.4 Å². The van der Waals surface area contributed by atoms with Crippen LogP contribution in [0.5, 0.6) is 0 Å². The van der Waals surface area contributed by atoms with Crippen LogP contribution < -0.4 is 32.2 Å². The first kappa shape index (κ1) is 57.3. The summed E-state index contributed by atoms with van der Waals surface area (Å²) in [5.41, 5.74) is 11.7. The molecule has 21 heteroatoms. The molecule has 422 valence electrons. The van der Waals surface area contributed by atoms with Crippen LogP contribution in [0.25, 0.3) is 22.3 Å². The summed E-state index contributed by atoms with van der Waals surface area (Å²) in [7, 11) is -3.99. The molecule has 8 aromatic rings. The Hall–Kier alpha value is -7.90. The number of imidazole rings is 2. The van der Waals surface area contributed by atoms with Gasteiger partial charge in [-0.25, -0.2) is 14.8 Å². The normalized spacial score (nSPS) is 21.9. The van der Waals surface area contributed by atoms with Crippen LogP contribution in [0.15, 0.2) is 122 Å². The molecule has 4 N–H and O–H groups in total. The SMILES string of the molecule is C#CC1(CO[Si](c2ccccc2)c2ccc(C(C)(C)C)cc2)OC(n2cnc3c(N)nc(F)nc32)CC1C(C)OC(=O)OC(C)C1CC(n2cnc3c(N)nc(F)nc32)OC1(C#C)CO[Si](c1ccccc1)c1ccc(C(C)(C)C)cc1. The number of carbonyl (C=O) groups is 1. The van der Waals surface area contributed by atoms with Crippen molar-refractivity contribution in [2.24, 2.45) is 11.8 Å². The van der Waals surface area contributed by atoms with Gasteiger partial charge in [0.1, 0.15) is 24.7 Å². The molecule has 2 aliphatic heterocycles. The second kappa shape index (κ2) is 22.8. The van der Waals surface area contributed by atoms with Crippen LogP contribution >= 0.6 is 0 Å². The fourth-order valence-corrected chi connectivity index (χ4v) is 14.9. The number of nitrogen functional groups attached to an aromatic ring is 2. The summed E-state index contributed by atoms with van der Waals surface area (Å²) in [6, 6.07) is 36.5. The summed E-state index contributed by atoms with van der Waals surface area (Å²) in [5, 5.41) is 3.86. The van der Waals surface area contributed by atoms with Gasteiger partial charge in [-0.1, -0.05) is 163 Å². The van der Waals surface area contributed by atoms with Crippen LogP contribution in [-0.2, 0) is 38.6 Å². The summed E-state index contributed by atoms with van der Waals surface area (Å²) in [6.07, 6.45) is 9.24. The first-order chi connectivity index (χ1) is 39.1. The average Bonchev–Trinajstić information content (AvgIpc) is 4.44. The van der Waals surface area contributed by atoms with Gasteiger partial charge < -0.3 is 39.3 Å². The number of hydrogen-bond acceptors (Lipinski definition) is 15. The lowest BCUT2D eigenvalue weighted by molar-refractivity contribution is -0.0980. The van der Waals surface area contributed by atoms with E-state index in [0.717, 1.165) is 31.9 Å². The van der Waals surface area contributed by atoms with Gasteiger partial charge in [0, 0.05) is 24.7 Å². The highest BCUT2D eigenvalue weighted by atomic mass is 28.3. The van der Waals surface area contributed by atoms with E-state index in [-0.39, 0.29) is 70.8 Å². The van der Waals surface area contributed by atoms with Crippen molar-refractivity contribution in [2.45, 2.75) is 115 Å². The van der Waals surface area contributed by atoms with Crippen LogP contribution in [0.1, 0.15) is 91.8 Å². The maximum absolute atomic E-state index is 14.8. The predicted molar refractivity (Wildman–Crippen MR) is 311 cm³/mol. The third-order valence-corrected chi connectivity index (χ3v) is 19.7. The fourth-order valence-electron chi connectivity index (χ4n) is 10.9. The monoisotopic (exact) mass is 1140 g/mol. The van der Waals surface area contributed by atoms with Crippen LogP contribution in [0.2, 0.25) is 0 Å². The number of rotatable bonds is 16. The number of halogens is 2. The van der Waals surface area contributed by atoms with Gasteiger partial charge in [-0.3, -0.25) is 9.13 Å². The van der Waals surface area contributed by atoms with Crippen molar-refractivity contribution >= 4 is 78.9 Å². The van der Waals surface area contributed by atoms with Crippen molar-refractivity contribution in [3.63, 3.8) is 0 Å². The van der Waals surface area contributed by atoms with Gasteiger partial charge >= 0.3 is 18.3 Å². The highest BCUT2D eigenvalue weighted by Gasteiger charge is 2.55. The van der Waals surface area contributed by atoms with E-state index in [1.165, 1.54) is 21.8 Å². The molecule has 8 atom stereocenters. The zero-order chi connectivity index (χ0) is 58.3. The Bertz CT molecular complexity index is 3440. The first-order valence-corrected chi connectivity index (χ1v) is 29.7. The fraction of sp³-hybridized carbons (Fsp3) is 0.361. The Labute approximate surface area is 478 Å². The number of nitrogens with two attached hydrogens (primary N) is 2. The molecule has 0 spiro atoms. The summed E-state index contributed by atoms with van der Waals surface area (Å²) in [6.45, 7) is 16.0. The number of terminal acetylenes is 2. The van der Waals surface area contributed by atoms with Gasteiger partial charge in [0.05, 0.1) is 25.9 Å². The molecule has 0 saturated carbocycles. The van der Waals surface area contributed by atoms with Crippen LogP contribution in [-0.4, -0.2) is 99.9 Å². The third-order valence-electron chi connectivity index (χ3n) is 15.4. The topological polar surface area (TPSA) is 212 Å². The number of hydrogen-bond donors (Lipinski definition) is 2. The molecule has 8 unspecified atom stereocenters. The Morgan fingerprint density at radius 3 is 1.32 bits per heavy atom. The van der Waals surface area contributed by atoms with E-state index in [4.69, 9.17) is 52.1 Å². The largest absolute Gasteiger partial charge is 0.508 e. The summed E-state index contributed by atoms with van der Waals surface area (Å²) in [4.78, 5) is 38.6. The Kier molecular flexibility index (Phi) is 15.9. The standard InChI is InChI=1S/C61H64F2N10O7Si2/c1-11-60(33-75-81(41-19-15-13-16-20-41)43-27-23-39(24-28-43)58(5,6)7)45(31-47(79-60)72-35-66-49-51(64)68-55(62)70-53(49)72)37(3)77-57(74)78-38(4)46-32-48(73-36-67-50-52(65)69-56(63)71-54(50)73)80-61(46,12-2)34-76-82(42-21-17-14-18-22-42)44-29-25-40(26-30-44)59(8,9)10/h1-2,13-30,35-38,45-48H,31-34H2,3-10H3,(H2,64,68,70)(H2,65,69,71). The minimum Gasteiger partial charge on any atom is -0.431 e. The zero-order valence-electron chi connectivity index (χ0n) is 46.8. The van der Waals surface area contributed by atoms with Crippen LogP contribution in [0.4, 0.5) is 25.2 Å². The first-order valence-electron chi connectivity index (χ1n) is 26.9. The average molecular weight is 1140 g/mol. The molecule has 4 aromatic carbocycles. The van der Waals surface area contributed by atoms with Gasteiger partial charge in [-0.2, -0.15) is 28.7 Å². The molecule has 2 saturated heterocycles. The van der Waals surface area contributed by atoms with E-state index in [1.807, 2.05) is 60.7 Å². The van der Waals surface area contributed by atoms with Crippen LogP contribution in [0.3, 0.4) is 0 Å².